The van der Waals surface area contributed by atoms with Crippen LogP contribution in [0.4, 0.5) is 0 Å². The highest BCUT2D eigenvalue weighted by Gasteiger charge is 2.22. The molecule has 0 bridgehead atoms. The molecule has 0 unspecified atom stereocenters. The number of rotatable bonds is 0. The molecular weight excluding hydrogens is 112 g/mol. The standard InChI is InChI=1S/C7H10N2/c1-2-6-9-7(3-1)4-5-8-9/h4-5H,1-3,6H2/q+1. The maximum atomic E-state index is 4.17. The predicted octanol–water partition coefficient (Wildman–Crippen LogP) is 0.670. The summed E-state index contributed by atoms with van der Waals surface area (Å²) in [5, 5.41) is 0. The Morgan fingerprint density at radius 1 is 1.44 bits per heavy atom. The topological polar surface area (TPSA) is 17.1 Å². The minimum absolute atomic E-state index is 1.13. The highest BCUT2D eigenvalue weighted by atomic mass is 15.4. The van der Waals surface area contributed by atoms with Gasteiger partial charge in [0.25, 0.3) is 0 Å². The molecule has 0 aromatic heterocycles. The average molecular weight is 122 g/mol. The van der Waals surface area contributed by atoms with E-state index in [0.29, 0.717) is 0 Å². The quantitative estimate of drug-likeness (QED) is 0.420. The lowest BCUT2D eigenvalue weighted by atomic mass is 10.1. The molecule has 0 saturated heterocycles. The largest absolute Gasteiger partial charge is 0.210 e. The average Bonchev–Trinajstić information content (AvgIpc) is 2.33. The van der Waals surface area contributed by atoms with Gasteiger partial charge < -0.3 is 0 Å². The van der Waals surface area contributed by atoms with Crippen molar-refractivity contribution in [2.24, 2.45) is 0 Å². The number of allylic oxidation sites excluding steroid dienone is 1. The minimum Gasteiger partial charge on any atom is -0.0884 e. The van der Waals surface area contributed by atoms with E-state index in [-0.39, 0.29) is 0 Å². The smallest absolute Gasteiger partial charge is 0.0884 e. The first-order valence-corrected chi connectivity index (χ1v) is 3.47. The fourth-order valence-corrected chi connectivity index (χ4v) is 1.34. The Morgan fingerprint density at radius 2 is 2.44 bits per heavy atom. The molecule has 0 aromatic carbocycles. The molecule has 0 amide bonds. The lowest BCUT2D eigenvalue weighted by molar-refractivity contribution is -0.581. The van der Waals surface area contributed by atoms with E-state index in [1.807, 2.05) is 6.20 Å². The second-order valence-electron chi connectivity index (χ2n) is 2.50. The van der Waals surface area contributed by atoms with E-state index in [2.05, 4.69) is 16.2 Å². The van der Waals surface area contributed by atoms with E-state index < -0.39 is 0 Å². The van der Waals surface area contributed by atoms with Crippen molar-refractivity contribution in [3.63, 3.8) is 0 Å². The molecule has 9 heavy (non-hydrogen) atoms. The summed E-state index contributed by atoms with van der Waals surface area (Å²) in [6.07, 6.45) is 7.86. The summed E-state index contributed by atoms with van der Waals surface area (Å²) in [4.78, 5) is 0. The van der Waals surface area contributed by atoms with Crippen LogP contribution in [0, 0.1) is 0 Å². The van der Waals surface area contributed by atoms with Crippen molar-refractivity contribution in [2.75, 3.05) is 6.54 Å². The zero-order chi connectivity index (χ0) is 6.10. The summed E-state index contributed by atoms with van der Waals surface area (Å²) in [7, 11) is 0. The van der Waals surface area contributed by atoms with Gasteiger partial charge in [0, 0.05) is 18.9 Å². The monoisotopic (exact) mass is 122 g/mol. The second-order valence-corrected chi connectivity index (χ2v) is 2.50. The van der Waals surface area contributed by atoms with Gasteiger partial charge in [-0.15, -0.1) is 0 Å². The Morgan fingerprint density at radius 3 is 3.33 bits per heavy atom. The van der Waals surface area contributed by atoms with Crippen molar-refractivity contribution >= 4 is 5.71 Å². The van der Waals surface area contributed by atoms with Crippen molar-refractivity contribution in [3.8, 4) is 0 Å². The lowest BCUT2D eigenvalue weighted by Crippen LogP contribution is -2.24. The van der Waals surface area contributed by atoms with Gasteiger partial charge in [-0.05, 0) is 11.8 Å². The van der Waals surface area contributed by atoms with E-state index >= 15 is 0 Å². The van der Waals surface area contributed by atoms with Crippen molar-refractivity contribution in [1.82, 2.24) is 5.43 Å². The summed E-state index contributed by atoms with van der Waals surface area (Å²) < 4.78 is 2.10. The molecule has 0 aromatic rings. The lowest BCUT2D eigenvalue weighted by Gasteiger charge is -2.03. The van der Waals surface area contributed by atoms with E-state index in [9.17, 15) is 0 Å². The van der Waals surface area contributed by atoms with Gasteiger partial charge in [0.05, 0.1) is 0 Å². The highest BCUT2D eigenvalue weighted by molar-refractivity contribution is 5.91. The third-order valence-electron chi connectivity index (χ3n) is 1.86. The van der Waals surface area contributed by atoms with Crippen LogP contribution in [0.25, 0.3) is 0 Å². The molecule has 2 nitrogen and oxygen atoms in total. The van der Waals surface area contributed by atoms with Crippen LogP contribution in [0.2, 0.25) is 0 Å². The first-order chi connectivity index (χ1) is 4.47. The first kappa shape index (κ1) is 5.03. The van der Waals surface area contributed by atoms with Gasteiger partial charge in [-0.1, -0.05) is 4.68 Å². The number of nitrogens with zero attached hydrogens (tertiary/aromatic N) is 2. The van der Waals surface area contributed by atoms with E-state index in [1.54, 1.807) is 0 Å². The molecule has 0 fully saturated rings. The number of hydrogen-bond acceptors (Lipinski definition) is 0. The molecule has 0 aliphatic carbocycles. The Labute approximate surface area is 54.9 Å². The summed E-state index contributed by atoms with van der Waals surface area (Å²) in [6.45, 7) is 1.13. The third kappa shape index (κ3) is 0.745. The van der Waals surface area contributed by atoms with Gasteiger partial charge in [0.2, 0.25) is 5.71 Å². The second kappa shape index (κ2) is 1.87. The third-order valence-corrected chi connectivity index (χ3v) is 1.86. The van der Waals surface area contributed by atoms with E-state index in [1.165, 1.54) is 25.0 Å². The van der Waals surface area contributed by atoms with Gasteiger partial charge in [0.1, 0.15) is 6.20 Å². The zero-order valence-electron chi connectivity index (χ0n) is 5.38. The van der Waals surface area contributed by atoms with Crippen LogP contribution in [0.15, 0.2) is 12.3 Å². The minimum atomic E-state index is 1.13. The van der Waals surface area contributed by atoms with Crippen molar-refractivity contribution in [2.45, 2.75) is 19.3 Å². The van der Waals surface area contributed by atoms with Crippen LogP contribution in [-0.4, -0.2) is 16.9 Å². The predicted molar refractivity (Wildman–Crippen MR) is 35.3 cm³/mol. The fraction of sp³-hybridized carbons (Fsp3) is 0.571. The summed E-state index contributed by atoms with van der Waals surface area (Å²) in [5.41, 5.74) is 5.58. The molecule has 2 heteroatoms. The molecule has 2 aliphatic rings. The normalized spacial score (nSPS) is 24.0. The Hall–Kier alpha value is -0.790. The zero-order valence-corrected chi connectivity index (χ0v) is 5.38. The molecule has 0 saturated carbocycles. The molecule has 0 N–H and O–H groups in total. The fourth-order valence-electron chi connectivity index (χ4n) is 1.34. The van der Waals surface area contributed by atoms with Crippen LogP contribution in [0.5, 0.6) is 0 Å². The summed E-state index contributed by atoms with van der Waals surface area (Å²) in [6, 6.07) is 0. The van der Waals surface area contributed by atoms with Crippen LogP contribution in [-0.2, 0) is 0 Å². The maximum absolute atomic E-state index is 4.17. The van der Waals surface area contributed by atoms with Crippen LogP contribution in [0.1, 0.15) is 19.3 Å². The molecule has 1 radical (unpaired) electrons. The van der Waals surface area contributed by atoms with Crippen molar-refractivity contribution in [1.29, 1.82) is 0 Å². The van der Waals surface area contributed by atoms with Gasteiger partial charge in [-0.3, -0.25) is 0 Å². The van der Waals surface area contributed by atoms with Crippen molar-refractivity contribution < 1.29 is 4.68 Å². The van der Waals surface area contributed by atoms with E-state index in [4.69, 9.17) is 0 Å². The maximum Gasteiger partial charge on any atom is 0.210 e. The van der Waals surface area contributed by atoms with E-state index in [0.717, 1.165) is 6.54 Å². The van der Waals surface area contributed by atoms with Gasteiger partial charge in [-0.25, -0.2) is 0 Å². The number of hydrogen-bond donors (Lipinski definition) is 0. The highest BCUT2D eigenvalue weighted by Crippen LogP contribution is 2.08. The van der Waals surface area contributed by atoms with Crippen LogP contribution in [0.3, 0.4) is 0 Å². The Kier molecular flexibility index (Phi) is 1.04. The van der Waals surface area contributed by atoms with Crippen molar-refractivity contribution in [3.05, 3.63) is 12.3 Å². The molecule has 2 heterocycles. The molecule has 0 spiro atoms. The SMILES string of the molecule is C1=CC2=[N+](CCCC2)[N]1. The van der Waals surface area contributed by atoms with Gasteiger partial charge >= 0.3 is 0 Å². The Bertz CT molecular complexity index is 179. The van der Waals surface area contributed by atoms with Gasteiger partial charge in [0.15, 0.2) is 6.54 Å². The van der Waals surface area contributed by atoms with Gasteiger partial charge in [-0.2, -0.15) is 0 Å². The molecule has 47 valence electrons. The summed E-state index contributed by atoms with van der Waals surface area (Å²) in [5.74, 6) is 0. The molecule has 2 rings (SSSR count). The first-order valence-electron chi connectivity index (χ1n) is 3.47. The molecule has 0 atom stereocenters. The van der Waals surface area contributed by atoms with Crippen LogP contribution >= 0.6 is 0 Å². The molecular formula is C7H10N2+. The van der Waals surface area contributed by atoms with Crippen LogP contribution < -0.4 is 5.43 Å². The molecule has 2 aliphatic heterocycles. The Balaban J connectivity index is 2.24. The summed E-state index contributed by atoms with van der Waals surface area (Å²) >= 11 is 0.